The van der Waals surface area contributed by atoms with Crippen LogP contribution in [0.1, 0.15) is 6.92 Å². The second-order valence-corrected chi connectivity index (χ2v) is 7.44. The summed E-state index contributed by atoms with van der Waals surface area (Å²) in [5.74, 6) is 0.167. The van der Waals surface area contributed by atoms with E-state index in [1.54, 1.807) is 0 Å². The third-order valence-corrected chi connectivity index (χ3v) is 5.86. The first kappa shape index (κ1) is 11.8. The predicted molar refractivity (Wildman–Crippen MR) is 73.3 cm³/mol. The molecule has 0 radical (unpaired) electrons. The minimum atomic E-state index is -3.02. The molecule has 1 atom stereocenters. The number of hydrogen-bond acceptors (Lipinski definition) is 4. The van der Waals surface area contributed by atoms with Crippen LogP contribution in [0.15, 0.2) is 40.4 Å². The fraction of sp³-hybridized carbons (Fsp3) is 0.250. The Balaban J connectivity index is 1.88. The summed E-state index contributed by atoms with van der Waals surface area (Å²) in [4.78, 5) is 7.64. The van der Waals surface area contributed by atoms with Crippen molar-refractivity contribution in [2.75, 3.05) is 5.75 Å². The van der Waals surface area contributed by atoms with Crippen LogP contribution < -0.4 is 0 Å². The number of fused-ring (bicyclic) bond motifs is 1. The van der Waals surface area contributed by atoms with Crippen LogP contribution in [0.3, 0.4) is 0 Å². The van der Waals surface area contributed by atoms with Gasteiger partial charge in [-0.1, -0.05) is 23.9 Å². The number of aromatic amines is 1. The summed E-state index contributed by atoms with van der Waals surface area (Å²) < 4.78 is 23.0. The van der Waals surface area contributed by atoms with Gasteiger partial charge in [0.2, 0.25) is 0 Å². The zero-order chi connectivity index (χ0) is 12.8. The molecule has 0 aliphatic carbocycles. The van der Waals surface area contributed by atoms with Crippen molar-refractivity contribution < 1.29 is 8.42 Å². The molecule has 0 unspecified atom stereocenters. The number of nitrogens with one attached hydrogen (secondary N) is 1. The van der Waals surface area contributed by atoms with Crippen molar-refractivity contribution >= 4 is 32.6 Å². The van der Waals surface area contributed by atoms with Gasteiger partial charge in [0.05, 0.1) is 16.8 Å². The zero-order valence-corrected chi connectivity index (χ0v) is 11.4. The van der Waals surface area contributed by atoms with Crippen LogP contribution in [0.5, 0.6) is 0 Å². The van der Waals surface area contributed by atoms with Crippen molar-refractivity contribution in [1.29, 1.82) is 0 Å². The van der Waals surface area contributed by atoms with E-state index < -0.39 is 9.84 Å². The Bertz CT molecular complexity index is 698. The SMILES string of the molecule is CC1=CS(=O)(=O)C[C@H]1Sc1nc2ccccc2[nH]1. The second-order valence-electron chi connectivity index (χ2n) is 4.36. The number of rotatable bonds is 2. The molecule has 4 nitrogen and oxygen atoms in total. The van der Waals surface area contributed by atoms with E-state index in [-0.39, 0.29) is 11.0 Å². The molecular formula is C12H12N2O2S2. The van der Waals surface area contributed by atoms with Gasteiger partial charge in [-0.15, -0.1) is 0 Å². The lowest BCUT2D eigenvalue weighted by molar-refractivity contribution is 0.606. The average Bonchev–Trinajstić information content (AvgIpc) is 2.79. The molecule has 2 aromatic rings. The highest BCUT2D eigenvalue weighted by Gasteiger charge is 2.28. The Kier molecular flexibility index (Phi) is 2.71. The van der Waals surface area contributed by atoms with Gasteiger partial charge < -0.3 is 4.98 Å². The lowest BCUT2D eigenvalue weighted by atomic mass is 10.3. The van der Waals surface area contributed by atoms with E-state index in [1.165, 1.54) is 17.2 Å². The molecule has 0 spiro atoms. The van der Waals surface area contributed by atoms with Gasteiger partial charge in [0.15, 0.2) is 15.0 Å². The maximum absolute atomic E-state index is 11.5. The normalized spacial score (nSPS) is 22.3. The van der Waals surface area contributed by atoms with Gasteiger partial charge >= 0.3 is 0 Å². The topological polar surface area (TPSA) is 62.8 Å². The first-order valence-electron chi connectivity index (χ1n) is 5.56. The first-order chi connectivity index (χ1) is 8.53. The highest BCUT2D eigenvalue weighted by molar-refractivity contribution is 8.02. The molecule has 0 bridgehead atoms. The molecule has 18 heavy (non-hydrogen) atoms. The molecule has 2 heterocycles. The number of H-pyrrole nitrogens is 1. The van der Waals surface area contributed by atoms with Crippen LogP contribution in [0, 0.1) is 0 Å². The third kappa shape index (κ3) is 2.18. The molecule has 1 aliphatic heterocycles. The number of thioether (sulfide) groups is 1. The number of aromatic nitrogens is 2. The van der Waals surface area contributed by atoms with Crippen molar-refractivity contribution in [3.8, 4) is 0 Å². The van der Waals surface area contributed by atoms with Crippen molar-refractivity contribution in [1.82, 2.24) is 9.97 Å². The first-order valence-corrected chi connectivity index (χ1v) is 8.15. The quantitative estimate of drug-likeness (QED) is 0.917. The van der Waals surface area contributed by atoms with E-state index >= 15 is 0 Å². The number of benzene rings is 1. The number of sulfone groups is 1. The molecule has 0 saturated heterocycles. The molecule has 1 aromatic carbocycles. The summed E-state index contributed by atoms with van der Waals surface area (Å²) in [5.41, 5.74) is 2.77. The maximum Gasteiger partial charge on any atom is 0.173 e. The third-order valence-electron chi connectivity index (χ3n) is 2.88. The number of imidazole rings is 1. The van der Waals surface area contributed by atoms with Gasteiger partial charge in [-0.25, -0.2) is 13.4 Å². The Morgan fingerprint density at radius 2 is 2.17 bits per heavy atom. The Hall–Kier alpha value is -1.27. The van der Waals surface area contributed by atoms with Crippen molar-refractivity contribution in [2.45, 2.75) is 17.3 Å². The maximum atomic E-state index is 11.5. The number of hydrogen-bond donors (Lipinski definition) is 1. The molecule has 1 aliphatic rings. The number of para-hydroxylation sites is 2. The summed E-state index contributed by atoms with van der Waals surface area (Å²) >= 11 is 1.47. The molecule has 94 valence electrons. The minimum absolute atomic E-state index is 0.0319. The molecule has 0 saturated carbocycles. The largest absolute Gasteiger partial charge is 0.333 e. The van der Waals surface area contributed by atoms with Gasteiger partial charge in [-0.3, -0.25) is 0 Å². The monoisotopic (exact) mass is 280 g/mol. The second kappa shape index (κ2) is 4.13. The Morgan fingerprint density at radius 3 is 2.83 bits per heavy atom. The highest BCUT2D eigenvalue weighted by atomic mass is 32.2. The van der Waals surface area contributed by atoms with Crippen LogP contribution in [0.4, 0.5) is 0 Å². The molecule has 6 heteroatoms. The lowest BCUT2D eigenvalue weighted by Gasteiger charge is -2.06. The van der Waals surface area contributed by atoms with Gasteiger partial charge in [-0.2, -0.15) is 0 Å². The molecule has 1 N–H and O–H groups in total. The van der Waals surface area contributed by atoms with Gasteiger partial charge in [-0.05, 0) is 24.6 Å². The van der Waals surface area contributed by atoms with Gasteiger partial charge in [0.25, 0.3) is 0 Å². The summed E-state index contributed by atoms with van der Waals surface area (Å²) in [6.07, 6.45) is 0. The van der Waals surface area contributed by atoms with Gasteiger partial charge in [0, 0.05) is 10.7 Å². The van der Waals surface area contributed by atoms with E-state index in [2.05, 4.69) is 9.97 Å². The average molecular weight is 280 g/mol. The van der Waals surface area contributed by atoms with E-state index in [9.17, 15) is 8.42 Å². The molecule has 0 amide bonds. The fourth-order valence-electron chi connectivity index (χ4n) is 2.00. The standard InChI is InChI=1S/C12H12N2O2S2/c1-8-6-18(15,16)7-11(8)17-12-13-9-4-2-3-5-10(9)14-12/h2-6,11H,7H2,1H3,(H,13,14)/t11-/m1/s1. The van der Waals surface area contributed by atoms with Crippen molar-refractivity contribution in [3.05, 3.63) is 35.2 Å². The zero-order valence-electron chi connectivity index (χ0n) is 9.75. The van der Waals surface area contributed by atoms with Crippen molar-refractivity contribution in [2.24, 2.45) is 0 Å². The Morgan fingerprint density at radius 1 is 1.39 bits per heavy atom. The van der Waals surface area contributed by atoms with Crippen molar-refractivity contribution in [3.63, 3.8) is 0 Å². The van der Waals surface area contributed by atoms with Gasteiger partial charge in [0.1, 0.15) is 0 Å². The Labute approximate surface area is 109 Å². The van der Waals surface area contributed by atoms with Crippen LogP contribution in [0.25, 0.3) is 11.0 Å². The van der Waals surface area contributed by atoms with Crippen LogP contribution in [0.2, 0.25) is 0 Å². The highest BCUT2D eigenvalue weighted by Crippen LogP contribution is 2.32. The van der Waals surface area contributed by atoms with E-state index in [4.69, 9.17) is 0 Å². The summed E-state index contributed by atoms with van der Waals surface area (Å²) in [7, 11) is -3.02. The summed E-state index contributed by atoms with van der Waals surface area (Å²) in [6, 6.07) is 7.77. The summed E-state index contributed by atoms with van der Waals surface area (Å²) in [6.45, 7) is 1.85. The van der Waals surface area contributed by atoms with E-state index in [1.807, 2.05) is 31.2 Å². The molecule has 1 aromatic heterocycles. The molecular weight excluding hydrogens is 268 g/mol. The number of nitrogens with zero attached hydrogens (tertiary/aromatic N) is 1. The molecule has 0 fully saturated rings. The van der Waals surface area contributed by atoms with E-state index in [0.717, 1.165) is 21.8 Å². The molecule has 3 rings (SSSR count). The van der Waals surface area contributed by atoms with Crippen LogP contribution in [-0.2, 0) is 9.84 Å². The summed E-state index contributed by atoms with van der Waals surface area (Å²) in [5, 5.41) is 2.11. The predicted octanol–water partition coefficient (Wildman–Crippen LogP) is 2.36. The van der Waals surface area contributed by atoms with Crippen LogP contribution >= 0.6 is 11.8 Å². The smallest absolute Gasteiger partial charge is 0.173 e. The lowest BCUT2D eigenvalue weighted by Crippen LogP contribution is -2.09. The fourth-order valence-corrected chi connectivity index (χ4v) is 5.28. The van der Waals surface area contributed by atoms with E-state index in [0.29, 0.717) is 0 Å². The minimum Gasteiger partial charge on any atom is -0.333 e. The van der Waals surface area contributed by atoms with Crippen LogP contribution in [-0.4, -0.2) is 29.4 Å².